The first-order chi connectivity index (χ1) is 9.05. The molecule has 0 amide bonds. The number of hydrogen-bond acceptors (Lipinski definition) is 6. The number of para-hydroxylation sites is 1. The van der Waals surface area contributed by atoms with Gasteiger partial charge in [-0.1, -0.05) is 6.07 Å². The van der Waals surface area contributed by atoms with Crippen molar-refractivity contribution in [1.29, 1.82) is 0 Å². The Kier molecular flexibility index (Phi) is 2.83. The van der Waals surface area contributed by atoms with E-state index in [0.717, 1.165) is 0 Å². The van der Waals surface area contributed by atoms with E-state index in [9.17, 15) is 8.42 Å². The van der Waals surface area contributed by atoms with Gasteiger partial charge in [0, 0.05) is 10.7 Å². The topological polar surface area (TPSA) is 94.2 Å². The molecule has 0 unspecified atom stereocenters. The summed E-state index contributed by atoms with van der Waals surface area (Å²) in [7, 11) is 1.24. The molecule has 0 saturated carbocycles. The summed E-state index contributed by atoms with van der Waals surface area (Å²) in [6.07, 6.45) is 0. The van der Waals surface area contributed by atoms with Crippen LogP contribution in [0.5, 0.6) is 11.5 Å². The molecule has 0 fully saturated rings. The Hall–Kier alpha value is -1.80. The highest BCUT2D eigenvalue weighted by molar-refractivity contribution is 8.13. The Morgan fingerprint density at radius 2 is 2.05 bits per heavy atom. The molecule has 1 aromatic heterocycles. The number of hydrogen-bond donors (Lipinski definition) is 1. The van der Waals surface area contributed by atoms with Crippen molar-refractivity contribution in [1.82, 2.24) is 15.2 Å². The molecule has 2 aromatic rings. The quantitative estimate of drug-likeness (QED) is 0.837. The van der Waals surface area contributed by atoms with Gasteiger partial charge in [0.2, 0.25) is 0 Å². The fourth-order valence-electron chi connectivity index (χ4n) is 1.73. The molecule has 0 saturated heterocycles. The zero-order valence-corrected chi connectivity index (χ0v) is 11.0. The Balaban J connectivity index is 2.10. The van der Waals surface area contributed by atoms with E-state index in [-0.39, 0.29) is 5.82 Å². The molecule has 7 nitrogen and oxygen atoms in total. The molecule has 0 aliphatic carbocycles. The van der Waals surface area contributed by atoms with Crippen molar-refractivity contribution in [3.05, 3.63) is 18.2 Å². The minimum atomic E-state index is -3.94. The number of nitrogens with zero attached hydrogens (tertiary/aromatic N) is 2. The third kappa shape index (κ3) is 2.24. The van der Waals surface area contributed by atoms with Crippen LogP contribution in [0.4, 0.5) is 0 Å². The van der Waals surface area contributed by atoms with Crippen molar-refractivity contribution in [2.75, 3.05) is 13.2 Å². The van der Waals surface area contributed by atoms with Crippen molar-refractivity contribution in [2.45, 2.75) is 5.16 Å². The lowest BCUT2D eigenvalue weighted by Crippen LogP contribution is -2.15. The molecule has 0 atom stereocenters. The average Bonchev–Trinajstić information content (AvgIpc) is 2.87. The Morgan fingerprint density at radius 3 is 2.79 bits per heavy atom. The lowest BCUT2D eigenvalue weighted by atomic mass is 10.1. The number of rotatable bonds is 2. The molecular formula is C10H8ClN3O4S. The van der Waals surface area contributed by atoms with E-state index in [4.69, 9.17) is 20.2 Å². The van der Waals surface area contributed by atoms with Crippen molar-refractivity contribution in [3.63, 3.8) is 0 Å². The van der Waals surface area contributed by atoms with Crippen LogP contribution in [-0.4, -0.2) is 36.8 Å². The molecule has 9 heteroatoms. The van der Waals surface area contributed by atoms with Crippen molar-refractivity contribution < 1.29 is 17.9 Å². The van der Waals surface area contributed by atoms with E-state index in [2.05, 4.69) is 15.2 Å². The maximum atomic E-state index is 11.1. The van der Waals surface area contributed by atoms with Crippen molar-refractivity contribution in [2.24, 2.45) is 0 Å². The SMILES string of the molecule is O=S(=O)(Cl)c1nc(-c2cccc3c2OCCO3)n[nH]1. The van der Waals surface area contributed by atoms with E-state index in [1.54, 1.807) is 18.2 Å². The standard InChI is InChI=1S/C10H8ClN3O4S/c11-19(15,16)10-12-9(13-14-10)6-2-1-3-7-8(6)18-5-4-17-7/h1-3H,4-5H2,(H,12,13,14). The molecule has 1 N–H and O–H groups in total. The Morgan fingerprint density at radius 1 is 1.26 bits per heavy atom. The smallest absolute Gasteiger partial charge is 0.296 e. The monoisotopic (exact) mass is 301 g/mol. The minimum Gasteiger partial charge on any atom is -0.486 e. The summed E-state index contributed by atoms with van der Waals surface area (Å²) < 4.78 is 33.2. The first-order valence-corrected chi connectivity index (χ1v) is 7.63. The molecule has 2 heterocycles. The first kappa shape index (κ1) is 12.2. The minimum absolute atomic E-state index is 0.182. The van der Waals surface area contributed by atoms with Gasteiger partial charge in [0.05, 0.1) is 5.56 Å². The first-order valence-electron chi connectivity index (χ1n) is 5.32. The van der Waals surface area contributed by atoms with Gasteiger partial charge in [-0.15, -0.1) is 0 Å². The summed E-state index contributed by atoms with van der Waals surface area (Å²) in [5.41, 5.74) is 0.542. The number of nitrogens with one attached hydrogen (secondary N) is 1. The van der Waals surface area contributed by atoms with E-state index in [1.807, 2.05) is 0 Å². The van der Waals surface area contributed by atoms with Crippen LogP contribution in [-0.2, 0) is 9.05 Å². The van der Waals surface area contributed by atoms with Gasteiger partial charge >= 0.3 is 0 Å². The highest BCUT2D eigenvalue weighted by Crippen LogP contribution is 2.38. The lowest BCUT2D eigenvalue weighted by molar-refractivity contribution is 0.172. The zero-order chi connectivity index (χ0) is 13.5. The zero-order valence-electron chi connectivity index (χ0n) is 9.46. The average molecular weight is 302 g/mol. The van der Waals surface area contributed by atoms with Gasteiger partial charge in [-0.3, -0.25) is 0 Å². The molecule has 0 spiro atoms. The van der Waals surface area contributed by atoms with Crippen LogP contribution in [0.1, 0.15) is 0 Å². The molecule has 0 bridgehead atoms. The summed E-state index contributed by atoms with van der Waals surface area (Å²) in [5.74, 6) is 1.25. The van der Waals surface area contributed by atoms with E-state index < -0.39 is 14.2 Å². The number of H-pyrrole nitrogens is 1. The van der Waals surface area contributed by atoms with Crippen LogP contribution in [0.15, 0.2) is 23.4 Å². The van der Waals surface area contributed by atoms with Gasteiger partial charge in [0.1, 0.15) is 13.2 Å². The molecule has 1 aromatic carbocycles. The maximum absolute atomic E-state index is 11.1. The second kappa shape index (κ2) is 4.39. The number of benzene rings is 1. The summed E-state index contributed by atoms with van der Waals surface area (Å²) in [6.45, 7) is 0.876. The van der Waals surface area contributed by atoms with Gasteiger partial charge in [-0.05, 0) is 12.1 Å². The number of aromatic amines is 1. The molecule has 3 rings (SSSR count). The summed E-state index contributed by atoms with van der Waals surface area (Å²) >= 11 is 0. The molecule has 0 radical (unpaired) electrons. The second-order valence-electron chi connectivity index (χ2n) is 3.73. The van der Waals surface area contributed by atoms with Gasteiger partial charge in [0.15, 0.2) is 17.3 Å². The van der Waals surface area contributed by atoms with E-state index in [0.29, 0.717) is 30.3 Å². The van der Waals surface area contributed by atoms with Crippen LogP contribution < -0.4 is 9.47 Å². The second-order valence-corrected chi connectivity index (χ2v) is 6.21. The van der Waals surface area contributed by atoms with Crippen LogP contribution in [0.3, 0.4) is 0 Å². The molecule has 1 aliphatic rings. The van der Waals surface area contributed by atoms with Crippen molar-refractivity contribution in [3.8, 4) is 22.9 Å². The van der Waals surface area contributed by atoms with Gasteiger partial charge in [-0.2, -0.15) is 10.1 Å². The van der Waals surface area contributed by atoms with Crippen LogP contribution >= 0.6 is 10.7 Å². The van der Waals surface area contributed by atoms with E-state index in [1.165, 1.54) is 0 Å². The fourth-order valence-corrected chi connectivity index (χ4v) is 2.28. The molecule has 19 heavy (non-hydrogen) atoms. The summed E-state index contributed by atoms with van der Waals surface area (Å²) in [4.78, 5) is 3.84. The molecule has 100 valence electrons. The van der Waals surface area contributed by atoms with Gasteiger partial charge in [-0.25, -0.2) is 13.5 Å². The molecular weight excluding hydrogens is 294 g/mol. The molecule has 1 aliphatic heterocycles. The Bertz CT molecular complexity index is 728. The van der Waals surface area contributed by atoms with E-state index >= 15 is 0 Å². The van der Waals surface area contributed by atoms with Crippen LogP contribution in [0, 0.1) is 0 Å². The number of fused-ring (bicyclic) bond motifs is 1. The predicted octanol–water partition coefficient (Wildman–Crippen LogP) is 1.17. The number of halogens is 1. The Labute approximate surface area is 112 Å². The third-order valence-corrected chi connectivity index (χ3v) is 3.59. The summed E-state index contributed by atoms with van der Waals surface area (Å²) in [5, 5.41) is 5.70. The van der Waals surface area contributed by atoms with Crippen LogP contribution in [0.2, 0.25) is 0 Å². The number of ether oxygens (including phenoxy) is 2. The normalized spacial score (nSPS) is 14.4. The van der Waals surface area contributed by atoms with Gasteiger partial charge < -0.3 is 9.47 Å². The third-order valence-electron chi connectivity index (χ3n) is 2.50. The highest BCUT2D eigenvalue weighted by Gasteiger charge is 2.22. The predicted molar refractivity (Wildman–Crippen MR) is 65.8 cm³/mol. The largest absolute Gasteiger partial charge is 0.486 e. The lowest BCUT2D eigenvalue weighted by Gasteiger charge is -2.19. The fraction of sp³-hybridized carbons (Fsp3) is 0.200. The van der Waals surface area contributed by atoms with Crippen LogP contribution in [0.25, 0.3) is 11.4 Å². The van der Waals surface area contributed by atoms with Gasteiger partial charge in [0.25, 0.3) is 14.2 Å². The maximum Gasteiger partial charge on any atom is 0.296 e. The number of aromatic nitrogens is 3. The summed E-state index contributed by atoms with van der Waals surface area (Å²) in [6, 6.07) is 5.21. The highest BCUT2D eigenvalue weighted by atomic mass is 35.7. The van der Waals surface area contributed by atoms with Crippen molar-refractivity contribution >= 4 is 19.7 Å².